The molecular formula is C14H16N4O4S3. The number of nitrogens with zero attached hydrogens (tertiary/aromatic N) is 1. The van der Waals surface area contributed by atoms with E-state index in [-0.39, 0.29) is 5.91 Å². The van der Waals surface area contributed by atoms with Crippen molar-refractivity contribution in [2.45, 2.75) is 25.5 Å². The van der Waals surface area contributed by atoms with E-state index in [1.54, 1.807) is 16.8 Å². The molecule has 0 aliphatic carbocycles. The van der Waals surface area contributed by atoms with E-state index in [0.717, 1.165) is 35.2 Å². The van der Waals surface area contributed by atoms with E-state index in [4.69, 9.17) is 5.11 Å². The Hall–Kier alpha value is -2.11. The number of thiophene rings is 1. The van der Waals surface area contributed by atoms with Crippen molar-refractivity contribution in [3.63, 3.8) is 0 Å². The van der Waals surface area contributed by atoms with Gasteiger partial charge in [0.25, 0.3) is 5.24 Å². The molecule has 0 saturated carbocycles. The maximum absolute atomic E-state index is 11.4. The maximum atomic E-state index is 11.4. The average molecular weight is 401 g/mol. The lowest BCUT2D eigenvalue weighted by molar-refractivity contribution is -0.114. The molecule has 0 fully saturated rings. The summed E-state index contributed by atoms with van der Waals surface area (Å²) in [4.78, 5) is 39.2. The van der Waals surface area contributed by atoms with Gasteiger partial charge in [0.05, 0.1) is 5.69 Å². The van der Waals surface area contributed by atoms with Crippen LogP contribution < -0.4 is 16.2 Å². The van der Waals surface area contributed by atoms with Gasteiger partial charge >= 0.3 is 6.09 Å². The number of amides is 3. The van der Waals surface area contributed by atoms with Crippen LogP contribution >= 0.6 is 34.4 Å². The van der Waals surface area contributed by atoms with Crippen molar-refractivity contribution in [2.24, 2.45) is 0 Å². The van der Waals surface area contributed by atoms with Gasteiger partial charge in [-0.2, -0.15) is 0 Å². The number of carbonyl (C=O) groups excluding carboxylic acids is 2. The van der Waals surface area contributed by atoms with Crippen LogP contribution in [-0.2, 0) is 23.4 Å². The molecule has 0 atom stereocenters. The van der Waals surface area contributed by atoms with Gasteiger partial charge in [-0.1, -0.05) is 11.8 Å². The molecule has 3 amide bonds. The van der Waals surface area contributed by atoms with E-state index in [9.17, 15) is 14.4 Å². The minimum atomic E-state index is -1.31. The van der Waals surface area contributed by atoms with Crippen molar-refractivity contribution < 1.29 is 19.5 Å². The highest BCUT2D eigenvalue weighted by atomic mass is 32.2. The third kappa shape index (κ3) is 7.11. The summed E-state index contributed by atoms with van der Waals surface area (Å²) in [6, 6.07) is 3.96. The summed E-state index contributed by atoms with van der Waals surface area (Å²) in [7, 11) is 0. The van der Waals surface area contributed by atoms with E-state index in [2.05, 4.69) is 15.7 Å². The highest BCUT2D eigenvalue weighted by Gasteiger charge is 2.08. The highest BCUT2D eigenvalue weighted by Crippen LogP contribution is 2.24. The second kappa shape index (κ2) is 9.39. The molecular weight excluding hydrogens is 384 g/mol. The Kier molecular flexibility index (Phi) is 7.22. The number of nitrogens with one attached hydrogen (secondary N) is 3. The Balaban J connectivity index is 1.75. The first-order valence-electron chi connectivity index (χ1n) is 7.13. The standard InChI is InChI=1S/C14H16N4O4S3/c1-8(19)15-12-16-9(6-23-12)2-3-10-4-5-11(25-10)7-24-14(22)18-17-13(20)21/h4-6,17H,2-3,7H2,1H3,(H,18,22)(H,20,21)(H,15,16,19). The molecule has 8 nitrogen and oxygen atoms in total. The van der Waals surface area contributed by atoms with Gasteiger partial charge in [0.15, 0.2) is 5.13 Å². The number of carboxylic acid groups (broad SMARTS) is 1. The van der Waals surface area contributed by atoms with Gasteiger partial charge < -0.3 is 10.4 Å². The SMILES string of the molecule is CC(=O)Nc1nc(CCc2ccc(CSC(=O)NNC(=O)O)s2)cs1. The first-order chi connectivity index (χ1) is 11.9. The predicted molar refractivity (Wildman–Crippen MR) is 99.1 cm³/mol. The molecule has 0 aromatic carbocycles. The normalized spacial score (nSPS) is 10.3. The van der Waals surface area contributed by atoms with Crippen LogP contribution in [0.15, 0.2) is 17.5 Å². The molecule has 134 valence electrons. The molecule has 25 heavy (non-hydrogen) atoms. The number of hydrazine groups is 1. The van der Waals surface area contributed by atoms with Crippen LogP contribution in [-0.4, -0.2) is 27.3 Å². The van der Waals surface area contributed by atoms with E-state index >= 15 is 0 Å². The fourth-order valence-corrected chi connectivity index (χ4v) is 4.30. The predicted octanol–water partition coefficient (Wildman–Crippen LogP) is 3.07. The number of aromatic nitrogens is 1. The molecule has 4 N–H and O–H groups in total. The molecule has 0 saturated heterocycles. The van der Waals surface area contributed by atoms with E-state index in [1.807, 2.05) is 17.5 Å². The summed E-state index contributed by atoms with van der Waals surface area (Å²) >= 11 is 4.00. The number of aryl methyl sites for hydroxylation is 2. The Morgan fingerprint density at radius 1 is 1.20 bits per heavy atom. The molecule has 2 heterocycles. The average Bonchev–Trinajstić information content (AvgIpc) is 3.17. The summed E-state index contributed by atoms with van der Waals surface area (Å²) in [5.41, 5.74) is 4.80. The number of rotatable bonds is 6. The Morgan fingerprint density at radius 2 is 1.96 bits per heavy atom. The summed E-state index contributed by atoms with van der Waals surface area (Å²) in [6.07, 6.45) is 0.286. The van der Waals surface area contributed by atoms with E-state index < -0.39 is 11.3 Å². The molecule has 0 aliphatic heterocycles. The summed E-state index contributed by atoms with van der Waals surface area (Å²) in [5, 5.41) is 13.1. The third-order valence-electron chi connectivity index (χ3n) is 2.80. The Bertz CT molecular complexity index is 759. The van der Waals surface area contributed by atoms with Crippen LogP contribution in [0.5, 0.6) is 0 Å². The Labute approximate surface area is 156 Å². The lowest BCUT2D eigenvalue weighted by Crippen LogP contribution is -2.38. The molecule has 0 spiro atoms. The summed E-state index contributed by atoms with van der Waals surface area (Å²) in [5.74, 6) is 0.338. The number of anilines is 1. The fraction of sp³-hybridized carbons (Fsp3) is 0.286. The molecule has 2 aromatic rings. The van der Waals surface area contributed by atoms with Gasteiger partial charge in [-0.25, -0.2) is 15.2 Å². The first kappa shape index (κ1) is 19.2. The van der Waals surface area contributed by atoms with Crippen molar-refractivity contribution in [2.75, 3.05) is 5.32 Å². The Morgan fingerprint density at radius 3 is 2.68 bits per heavy atom. The minimum Gasteiger partial charge on any atom is -0.464 e. The summed E-state index contributed by atoms with van der Waals surface area (Å²) in [6.45, 7) is 1.45. The molecule has 11 heteroatoms. The quantitative estimate of drug-likeness (QED) is 0.553. The molecule has 2 rings (SSSR count). The van der Waals surface area contributed by atoms with Crippen LogP contribution in [0.4, 0.5) is 14.7 Å². The van der Waals surface area contributed by atoms with Crippen LogP contribution in [0, 0.1) is 0 Å². The summed E-state index contributed by atoms with van der Waals surface area (Å²) < 4.78 is 0. The molecule has 0 aliphatic rings. The van der Waals surface area contributed by atoms with Crippen LogP contribution in [0.2, 0.25) is 0 Å². The van der Waals surface area contributed by atoms with Gasteiger partial charge in [0.2, 0.25) is 5.91 Å². The monoisotopic (exact) mass is 400 g/mol. The number of thiazole rings is 1. The lowest BCUT2D eigenvalue weighted by atomic mass is 10.2. The minimum absolute atomic E-state index is 0.135. The van der Waals surface area contributed by atoms with Crippen LogP contribution in [0.25, 0.3) is 0 Å². The third-order valence-corrected chi connectivity index (χ3v) is 5.75. The zero-order valence-electron chi connectivity index (χ0n) is 13.2. The number of thioether (sulfide) groups is 1. The number of carbonyl (C=O) groups is 3. The maximum Gasteiger partial charge on any atom is 0.423 e. The van der Waals surface area contributed by atoms with Crippen molar-refractivity contribution >= 4 is 56.8 Å². The first-order valence-corrected chi connectivity index (χ1v) is 9.82. The van der Waals surface area contributed by atoms with Gasteiger partial charge in [-0.3, -0.25) is 15.0 Å². The van der Waals surface area contributed by atoms with Gasteiger partial charge in [-0.15, -0.1) is 22.7 Å². The van der Waals surface area contributed by atoms with Gasteiger partial charge in [0, 0.05) is 27.8 Å². The number of hydrogen-bond acceptors (Lipinski definition) is 7. The molecule has 2 aromatic heterocycles. The van der Waals surface area contributed by atoms with Crippen molar-refractivity contribution in [3.05, 3.63) is 33.0 Å². The smallest absolute Gasteiger partial charge is 0.423 e. The molecule has 0 radical (unpaired) electrons. The van der Waals surface area contributed by atoms with Gasteiger partial charge in [0.1, 0.15) is 0 Å². The second-order valence-corrected chi connectivity index (χ2v) is 7.88. The van der Waals surface area contributed by atoms with E-state index in [1.165, 1.54) is 23.1 Å². The largest absolute Gasteiger partial charge is 0.464 e. The number of hydrogen-bond donors (Lipinski definition) is 4. The molecule has 0 bridgehead atoms. The van der Waals surface area contributed by atoms with Crippen LogP contribution in [0.3, 0.4) is 0 Å². The molecule has 0 unspecified atom stereocenters. The lowest BCUT2D eigenvalue weighted by Gasteiger charge is -2.02. The van der Waals surface area contributed by atoms with E-state index in [0.29, 0.717) is 10.9 Å². The topological polar surface area (TPSA) is 120 Å². The fourth-order valence-electron chi connectivity index (χ4n) is 1.79. The zero-order valence-corrected chi connectivity index (χ0v) is 15.6. The highest BCUT2D eigenvalue weighted by molar-refractivity contribution is 8.12. The van der Waals surface area contributed by atoms with Crippen molar-refractivity contribution in [1.82, 2.24) is 15.8 Å². The van der Waals surface area contributed by atoms with Crippen molar-refractivity contribution in [3.8, 4) is 0 Å². The zero-order chi connectivity index (χ0) is 18.2. The van der Waals surface area contributed by atoms with Crippen molar-refractivity contribution in [1.29, 1.82) is 0 Å². The van der Waals surface area contributed by atoms with Crippen LogP contribution in [0.1, 0.15) is 22.4 Å². The van der Waals surface area contributed by atoms with Gasteiger partial charge in [-0.05, 0) is 25.0 Å². The second-order valence-electron chi connectivity index (χ2n) is 4.82.